The van der Waals surface area contributed by atoms with Gasteiger partial charge in [-0.15, -0.1) is 0 Å². The van der Waals surface area contributed by atoms with E-state index in [2.05, 4.69) is 10.3 Å². The molecule has 5 heteroatoms. The van der Waals surface area contributed by atoms with E-state index in [1.54, 1.807) is 12.3 Å². The molecule has 130 valence electrons. The van der Waals surface area contributed by atoms with Crippen molar-refractivity contribution >= 4 is 12.0 Å². The minimum Gasteiger partial charge on any atom is -0.494 e. The molecule has 2 heterocycles. The van der Waals surface area contributed by atoms with Gasteiger partial charge in [0, 0.05) is 36.4 Å². The lowest BCUT2D eigenvalue weighted by Gasteiger charge is -2.13. The quantitative estimate of drug-likeness (QED) is 0.822. The highest BCUT2D eigenvalue weighted by atomic mass is 16.5. The van der Waals surface area contributed by atoms with Crippen molar-refractivity contribution in [2.75, 3.05) is 6.61 Å². The molecule has 25 heavy (non-hydrogen) atoms. The van der Waals surface area contributed by atoms with Gasteiger partial charge in [-0.3, -0.25) is 9.78 Å². The lowest BCUT2D eigenvalue weighted by Crippen LogP contribution is -2.20. The highest BCUT2D eigenvalue weighted by molar-refractivity contribution is 5.91. The summed E-state index contributed by atoms with van der Waals surface area (Å²) in [7, 11) is 0. The minimum atomic E-state index is -0.178. The van der Waals surface area contributed by atoms with E-state index in [1.807, 2.05) is 44.2 Å². The molecule has 1 N–H and O–H groups in total. The van der Waals surface area contributed by atoms with Crippen molar-refractivity contribution in [3.05, 3.63) is 59.4 Å². The Hall–Kier alpha value is -2.82. The van der Waals surface area contributed by atoms with Gasteiger partial charge in [-0.25, -0.2) is 0 Å². The van der Waals surface area contributed by atoms with Gasteiger partial charge in [0.2, 0.25) is 5.91 Å². The van der Waals surface area contributed by atoms with E-state index in [0.717, 1.165) is 34.7 Å². The number of carbonyl (C=O) groups is 1. The van der Waals surface area contributed by atoms with Crippen LogP contribution in [0, 0.1) is 0 Å². The first-order valence-corrected chi connectivity index (χ1v) is 8.48. The Morgan fingerprint density at radius 2 is 2.32 bits per heavy atom. The zero-order valence-electron chi connectivity index (χ0n) is 14.5. The summed E-state index contributed by atoms with van der Waals surface area (Å²) >= 11 is 0. The van der Waals surface area contributed by atoms with Crippen molar-refractivity contribution in [2.45, 2.75) is 32.9 Å². The van der Waals surface area contributed by atoms with Gasteiger partial charge in [-0.1, -0.05) is 6.07 Å². The fourth-order valence-electron chi connectivity index (χ4n) is 2.79. The predicted octanol–water partition coefficient (Wildman–Crippen LogP) is 3.13. The van der Waals surface area contributed by atoms with Crippen LogP contribution in [-0.4, -0.2) is 23.6 Å². The third kappa shape index (κ3) is 4.38. The predicted molar refractivity (Wildman–Crippen MR) is 96.5 cm³/mol. The van der Waals surface area contributed by atoms with Gasteiger partial charge in [0.05, 0.1) is 12.3 Å². The topological polar surface area (TPSA) is 60.5 Å². The maximum atomic E-state index is 12.0. The fraction of sp³-hybridized carbons (Fsp3) is 0.300. The van der Waals surface area contributed by atoms with Crippen molar-refractivity contribution in [1.82, 2.24) is 10.3 Å². The maximum Gasteiger partial charge on any atom is 0.244 e. The molecule has 0 unspecified atom stereocenters. The number of benzene rings is 1. The standard InChI is InChI=1S/C20H22N2O3/c1-3-24-18-11-15-10-14(2)25-19(15)12-16(18)13-22-20(23)8-7-17-6-4-5-9-21-17/h4-9,11-12,14H,3,10,13H2,1-2H3,(H,22,23)/b8-7+/t14-/m0/s1. The SMILES string of the molecule is CCOc1cc2c(cc1CNC(=O)/C=C/c1ccccn1)O[C@@H](C)C2. The number of aromatic nitrogens is 1. The van der Waals surface area contributed by atoms with Crippen LogP contribution in [-0.2, 0) is 17.8 Å². The Labute approximate surface area is 147 Å². The van der Waals surface area contributed by atoms with Crippen LogP contribution in [0.3, 0.4) is 0 Å². The molecule has 1 atom stereocenters. The third-order valence-electron chi connectivity index (χ3n) is 3.93. The molecular formula is C20H22N2O3. The Morgan fingerprint density at radius 1 is 1.44 bits per heavy atom. The van der Waals surface area contributed by atoms with E-state index >= 15 is 0 Å². The summed E-state index contributed by atoms with van der Waals surface area (Å²) in [5.41, 5.74) is 2.81. The van der Waals surface area contributed by atoms with Gasteiger partial charge in [0.1, 0.15) is 17.6 Å². The highest BCUT2D eigenvalue weighted by Crippen LogP contribution is 2.35. The largest absolute Gasteiger partial charge is 0.494 e. The Balaban J connectivity index is 1.67. The summed E-state index contributed by atoms with van der Waals surface area (Å²) in [5.74, 6) is 1.50. The normalized spacial score (nSPS) is 15.7. The second-order valence-corrected chi connectivity index (χ2v) is 5.94. The van der Waals surface area contributed by atoms with E-state index in [9.17, 15) is 4.79 Å². The monoisotopic (exact) mass is 338 g/mol. The molecule has 0 saturated carbocycles. The van der Waals surface area contributed by atoms with E-state index in [1.165, 1.54) is 6.08 Å². The molecule has 2 aromatic rings. The molecule has 0 fully saturated rings. The third-order valence-corrected chi connectivity index (χ3v) is 3.93. The van der Waals surface area contributed by atoms with Crippen molar-refractivity contribution in [3.8, 4) is 11.5 Å². The molecule has 0 radical (unpaired) electrons. The lowest BCUT2D eigenvalue weighted by molar-refractivity contribution is -0.116. The van der Waals surface area contributed by atoms with Crippen molar-refractivity contribution < 1.29 is 14.3 Å². The molecule has 0 bridgehead atoms. The number of hydrogen-bond donors (Lipinski definition) is 1. The first-order valence-electron chi connectivity index (χ1n) is 8.48. The maximum absolute atomic E-state index is 12.0. The summed E-state index contributed by atoms with van der Waals surface area (Å²) in [6.07, 6.45) is 5.92. The number of pyridine rings is 1. The zero-order chi connectivity index (χ0) is 17.6. The molecule has 0 saturated heterocycles. The second-order valence-electron chi connectivity index (χ2n) is 5.94. The van der Waals surface area contributed by atoms with Crippen LogP contribution >= 0.6 is 0 Å². The van der Waals surface area contributed by atoms with Gasteiger partial charge in [-0.05, 0) is 44.2 Å². The van der Waals surface area contributed by atoms with E-state index < -0.39 is 0 Å². The number of nitrogens with zero attached hydrogens (tertiary/aromatic N) is 1. The molecule has 1 aliphatic rings. The first-order chi connectivity index (χ1) is 12.2. The summed E-state index contributed by atoms with van der Waals surface area (Å²) in [4.78, 5) is 16.2. The van der Waals surface area contributed by atoms with E-state index in [4.69, 9.17) is 9.47 Å². The molecule has 0 spiro atoms. The first kappa shape index (κ1) is 17.0. The van der Waals surface area contributed by atoms with Crippen LogP contribution in [0.5, 0.6) is 11.5 Å². The molecule has 1 aliphatic heterocycles. The number of carbonyl (C=O) groups excluding carboxylic acids is 1. The number of amides is 1. The molecular weight excluding hydrogens is 316 g/mol. The van der Waals surface area contributed by atoms with Crippen LogP contribution in [0.4, 0.5) is 0 Å². The number of rotatable bonds is 6. The van der Waals surface area contributed by atoms with Gasteiger partial charge in [-0.2, -0.15) is 0 Å². The lowest BCUT2D eigenvalue weighted by atomic mass is 10.1. The Bertz CT molecular complexity index is 772. The average molecular weight is 338 g/mol. The zero-order valence-corrected chi connectivity index (χ0v) is 14.5. The molecule has 1 aromatic heterocycles. The van der Waals surface area contributed by atoms with Crippen LogP contribution in [0.1, 0.15) is 30.7 Å². The summed E-state index contributed by atoms with van der Waals surface area (Å²) in [6.45, 7) is 4.95. The van der Waals surface area contributed by atoms with Gasteiger partial charge in [0.15, 0.2) is 0 Å². The summed E-state index contributed by atoms with van der Waals surface area (Å²) in [5, 5.41) is 2.88. The van der Waals surface area contributed by atoms with Crippen molar-refractivity contribution in [1.29, 1.82) is 0 Å². The van der Waals surface area contributed by atoms with Crippen molar-refractivity contribution in [2.24, 2.45) is 0 Å². The van der Waals surface area contributed by atoms with Crippen LogP contribution < -0.4 is 14.8 Å². The highest BCUT2D eigenvalue weighted by Gasteiger charge is 2.21. The van der Waals surface area contributed by atoms with Crippen LogP contribution in [0.15, 0.2) is 42.6 Å². The van der Waals surface area contributed by atoms with Crippen LogP contribution in [0.2, 0.25) is 0 Å². The number of ether oxygens (including phenoxy) is 2. The fourth-order valence-corrected chi connectivity index (χ4v) is 2.79. The number of nitrogens with one attached hydrogen (secondary N) is 1. The van der Waals surface area contributed by atoms with Crippen LogP contribution in [0.25, 0.3) is 6.08 Å². The number of fused-ring (bicyclic) bond motifs is 1. The summed E-state index contributed by atoms with van der Waals surface area (Å²) < 4.78 is 11.5. The molecule has 1 aromatic carbocycles. The molecule has 3 rings (SSSR count). The molecule has 5 nitrogen and oxygen atoms in total. The van der Waals surface area contributed by atoms with Gasteiger partial charge >= 0.3 is 0 Å². The van der Waals surface area contributed by atoms with Gasteiger partial charge < -0.3 is 14.8 Å². The summed E-state index contributed by atoms with van der Waals surface area (Å²) in [6, 6.07) is 9.55. The molecule has 1 amide bonds. The van der Waals surface area contributed by atoms with E-state index in [-0.39, 0.29) is 12.0 Å². The Morgan fingerprint density at radius 3 is 3.08 bits per heavy atom. The van der Waals surface area contributed by atoms with Crippen molar-refractivity contribution in [3.63, 3.8) is 0 Å². The molecule has 0 aliphatic carbocycles. The second kappa shape index (κ2) is 7.83. The minimum absolute atomic E-state index is 0.177. The van der Waals surface area contributed by atoms with E-state index in [0.29, 0.717) is 13.2 Å². The average Bonchev–Trinajstić information content (AvgIpc) is 2.98. The number of hydrogen-bond acceptors (Lipinski definition) is 4. The van der Waals surface area contributed by atoms with Gasteiger partial charge in [0.25, 0.3) is 0 Å². The Kier molecular flexibility index (Phi) is 5.33. The smallest absolute Gasteiger partial charge is 0.244 e.